The number of alkyl halides is 3. The number of hydrogen-bond donors (Lipinski definition) is 1. The van der Waals surface area contributed by atoms with E-state index in [1.54, 1.807) is 6.21 Å². The predicted octanol–water partition coefficient (Wildman–Crippen LogP) is 7.04. The van der Waals surface area contributed by atoms with E-state index in [0.717, 1.165) is 46.8 Å². The van der Waals surface area contributed by atoms with Crippen molar-refractivity contribution in [1.82, 2.24) is 15.1 Å². The quantitative estimate of drug-likeness (QED) is 0.133. The topological polar surface area (TPSA) is 58.6 Å². The van der Waals surface area contributed by atoms with Crippen LogP contribution in [0.3, 0.4) is 0 Å². The van der Waals surface area contributed by atoms with Crippen LogP contribution < -0.4 is 25.2 Å². The van der Waals surface area contributed by atoms with Gasteiger partial charge in [0.05, 0.1) is 37.6 Å². The lowest BCUT2D eigenvalue weighted by Crippen LogP contribution is -2.67. The van der Waals surface area contributed by atoms with Crippen LogP contribution >= 0.6 is 0 Å². The lowest BCUT2D eigenvalue weighted by atomic mass is 9.86. The minimum absolute atomic E-state index is 0.113. The van der Waals surface area contributed by atoms with E-state index in [1.165, 1.54) is 0 Å². The monoisotopic (exact) mass is 746 g/mol. The van der Waals surface area contributed by atoms with Gasteiger partial charge >= 0.3 is 0 Å². The van der Waals surface area contributed by atoms with Gasteiger partial charge in [0.25, 0.3) is 14.2 Å². The second kappa shape index (κ2) is 16.2. The fourth-order valence-corrected chi connectivity index (χ4v) is 12.6. The Labute approximate surface area is 313 Å². The molecule has 3 heterocycles. The molecule has 2 atom stereocenters. The van der Waals surface area contributed by atoms with E-state index in [2.05, 4.69) is 37.6 Å². The first-order valence-corrected chi connectivity index (χ1v) is 20.5. The Bertz CT molecular complexity index is 1740. The van der Waals surface area contributed by atoms with Gasteiger partial charge in [0.1, 0.15) is 0 Å². The molecule has 6 rings (SSSR count). The summed E-state index contributed by atoms with van der Waals surface area (Å²) in [5.41, 5.74) is 3.08. The normalized spacial score (nSPS) is 20.0. The molecule has 0 aliphatic carbocycles. The minimum atomic E-state index is -3.22. The summed E-state index contributed by atoms with van der Waals surface area (Å²) < 4.78 is 64.3. The summed E-state index contributed by atoms with van der Waals surface area (Å²) in [5.74, 6) is -1.98. The molecule has 0 spiro atoms. The molecule has 1 fully saturated rings. The Morgan fingerprint density at radius 1 is 1.02 bits per heavy atom. The Hall–Kier alpha value is -3.90. The SMILES string of the molecule is C=C(N=C/C(=C\C)NC1CN(CCCF)C1)[C@@H]1c2cc3c(cc2C[C@@H](C)N1CC(F)(F)CO[Si](c1ccccc1)(c1ccccc1)C(C)(C)C)OCO3. The van der Waals surface area contributed by atoms with E-state index in [9.17, 15) is 4.39 Å². The van der Waals surface area contributed by atoms with Crippen LogP contribution in [0.2, 0.25) is 5.04 Å². The highest BCUT2D eigenvalue weighted by Gasteiger charge is 2.52. The van der Waals surface area contributed by atoms with E-state index >= 15 is 8.78 Å². The Kier molecular flexibility index (Phi) is 11.9. The van der Waals surface area contributed by atoms with Gasteiger partial charge in [-0.15, -0.1) is 0 Å². The molecule has 284 valence electrons. The van der Waals surface area contributed by atoms with Gasteiger partial charge in [0.2, 0.25) is 6.79 Å². The highest BCUT2D eigenvalue weighted by atomic mass is 28.4. The molecule has 0 saturated carbocycles. The van der Waals surface area contributed by atoms with Gasteiger partial charge in [-0.25, -0.2) is 8.78 Å². The van der Waals surface area contributed by atoms with Gasteiger partial charge in [-0.1, -0.05) is 94.1 Å². The molecule has 0 aromatic heterocycles. The van der Waals surface area contributed by atoms with Crippen LogP contribution in [0.15, 0.2) is 102 Å². The van der Waals surface area contributed by atoms with Gasteiger partial charge in [-0.2, -0.15) is 0 Å². The molecule has 0 amide bonds. The third-order valence-corrected chi connectivity index (χ3v) is 15.6. The summed E-state index contributed by atoms with van der Waals surface area (Å²) >= 11 is 0. The van der Waals surface area contributed by atoms with Crippen LogP contribution in [0.1, 0.15) is 58.2 Å². The predicted molar refractivity (Wildman–Crippen MR) is 209 cm³/mol. The standard InChI is InChI=1S/C42H53F3N4O3Si/c1-7-33(47-34-25-48(26-34)20-14-19-43)24-46-31(3)40-37-23-39-38(50-29-51-39)22-32(37)21-30(2)49(40)27-42(44,45)28-52-53(41(4,5)6,35-15-10-8-11-16-35)36-17-12-9-13-18-36/h7-13,15-18,22-24,30,34,40,47H,3,14,19-21,25-29H2,1-2,4-6H3/b33-7+,46-24?/t30-,40-/m1/s1. The average Bonchev–Trinajstić information content (AvgIpc) is 3.57. The van der Waals surface area contributed by atoms with Gasteiger partial charge in [-0.3, -0.25) is 19.2 Å². The lowest BCUT2D eigenvalue weighted by molar-refractivity contribution is -0.0822. The van der Waals surface area contributed by atoms with Crippen molar-refractivity contribution in [3.63, 3.8) is 0 Å². The summed E-state index contributed by atoms with van der Waals surface area (Å²) in [6.45, 7) is 15.4. The van der Waals surface area contributed by atoms with Crippen LogP contribution in [-0.2, 0) is 10.8 Å². The van der Waals surface area contributed by atoms with Crippen LogP contribution in [0.25, 0.3) is 0 Å². The number of aliphatic imine (C=N–C) groups is 1. The zero-order valence-electron chi connectivity index (χ0n) is 31.6. The molecule has 1 N–H and O–H groups in total. The minimum Gasteiger partial charge on any atom is -0.454 e. The Balaban J connectivity index is 1.27. The average molecular weight is 747 g/mol. The maximum Gasteiger partial charge on any atom is 0.282 e. The molecule has 0 bridgehead atoms. The smallest absolute Gasteiger partial charge is 0.282 e. The molecule has 3 aromatic rings. The first-order chi connectivity index (χ1) is 25.3. The van der Waals surface area contributed by atoms with Crippen molar-refractivity contribution < 1.29 is 27.1 Å². The molecular formula is C42H53F3N4O3Si. The summed E-state index contributed by atoms with van der Waals surface area (Å²) in [4.78, 5) is 8.83. The molecule has 3 aliphatic rings. The number of ether oxygens (including phenoxy) is 2. The van der Waals surface area contributed by atoms with Crippen molar-refractivity contribution in [2.75, 3.05) is 46.3 Å². The number of rotatable bonds is 15. The van der Waals surface area contributed by atoms with Crippen molar-refractivity contribution in [2.24, 2.45) is 4.99 Å². The summed E-state index contributed by atoms with van der Waals surface area (Å²) in [7, 11) is -3.21. The van der Waals surface area contributed by atoms with Crippen LogP contribution in [0.5, 0.6) is 11.5 Å². The second-order valence-electron chi connectivity index (χ2n) is 15.5. The fraction of sp³-hybridized carbons (Fsp3) is 0.452. The molecule has 53 heavy (non-hydrogen) atoms. The van der Waals surface area contributed by atoms with Crippen LogP contribution in [-0.4, -0.2) is 88.6 Å². The maximum atomic E-state index is 16.7. The number of benzene rings is 3. The van der Waals surface area contributed by atoms with E-state index in [0.29, 0.717) is 30.0 Å². The zero-order chi connectivity index (χ0) is 37.8. The Morgan fingerprint density at radius 2 is 1.64 bits per heavy atom. The number of allylic oxidation sites excluding steroid dienone is 2. The van der Waals surface area contributed by atoms with E-state index in [4.69, 9.17) is 18.9 Å². The number of hydrogen-bond acceptors (Lipinski definition) is 7. The largest absolute Gasteiger partial charge is 0.454 e. The van der Waals surface area contributed by atoms with Crippen molar-refractivity contribution >= 4 is 24.9 Å². The zero-order valence-corrected chi connectivity index (χ0v) is 32.6. The molecule has 0 radical (unpaired) electrons. The molecule has 11 heteroatoms. The number of halogens is 3. The van der Waals surface area contributed by atoms with Crippen LogP contribution in [0, 0.1) is 0 Å². The molecule has 7 nitrogen and oxygen atoms in total. The van der Waals surface area contributed by atoms with Gasteiger partial charge < -0.3 is 19.2 Å². The number of nitrogens with zero attached hydrogens (tertiary/aromatic N) is 3. The molecule has 1 saturated heterocycles. The number of nitrogens with one attached hydrogen (secondary N) is 1. The highest BCUT2D eigenvalue weighted by Crippen LogP contribution is 2.45. The van der Waals surface area contributed by atoms with Crippen molar-refractivity contribution in [2.45, 2.75) is 76.5 Å². The molecular weight excluding hydrogens is 694 g/mol. The number of likely N-dealkylation sites (tertiary alicyclic amines) is 1. The van der Waals surface area contributed by atoms with Crippen LogP contribution in [0.4, 0.5) is 13.2 Å². The number of fused-ring (bicyclic) bond motifs is 2. The maximum absolute atomic E-state index is 16.7. The summed E-state index contributed by atoms with van der Waals surface area (Å²) in [6.07, 6.45) is 4.74. The summed E-state index contributed by atoms with van der Waals surface area (Å²) in [5, 5.41) is 4.96. The first kappa shape index (κ1) is 38.8. The second-order valence-corrected chi connectivity index (χ2v) is 19.8. The van der Waals surface area contributed by atoms with E-state index in [1.807, 2.05) is 97.6 Å². The molecule has 3 aliphatic heterocycles. The van der Waals surface area contributed by atoms with E-state index in [-0.39, 0.29) is 25.6 Å². The van der Waals surface area contributed by atoms with Crippen molar-refractivity contribution in [3.05, 3.63) is 108 Å². The summed E-state index contributed by atoms with van der Waals surface area (Å²) in [6, 6.07) is 22.9. The van der Waals surface area contributed by atoms with Gasteiger partial charge in [0.15, 0.2) is 11.5 Å². The molecule has 0 unspecified atom stereocenters. The lowest BCUT2D eigenvalue weighted by Gasteiger charge is -2.45. The van der Waals surface area contributed by atoms with Gasteiger partial charge in [-0.05, 0) is 65.4 Å². The highest BCUT2D eigenvalue weighted by molar-refractivity contribution is 6.99. The first-order valence-electron chi connectivity index (χ1n) is 18.6. The fourth-order valence-electron chi connectivity index (χ4n) is 7.99. The van der Waals surface area contributed by atoms with Crippen molar-refractivity contribution in [1.29, 1.82) is 0 Å². The third-order valence-electron chi connectivity index (χ3n) is 10.6. The third kappa shape index (κ3) is 8.43. The van der Waals surface area contributed by atoms with Crippen molar-refractivity contribution in [3.8, 4) is 11.5 Å². The molecule has 3 aromatic carbocycles. The van der Waals surface area contributed by atoms with E-state index < -0.39 is 38.5 Å². The Morgan fingerprint density at radius 3 is 2.23 bits per heavy atom. The van der Waals surface area contributed by atoms with Gasteiger partial charge in [0, 0.05) is 37.6 Å².